The van der Waals surface area contributed by atoms with Crippen molar-refractivity contribution in [2.45, 2.75) is 18.9 Å². The van der Waals surface area contributed by atoms with Crippen molar-refractivity contribution in [2.75, 3.05) is 0 Å². The monoisotopic (exact) mass is 96.1 g/mol. The predicted molar refractivity (Wildman–Crippen MR) is 27.6 cm³/mol. The number of aliphatic hydroxyl groups is 1. The Hall–Kier alpha value is -0.480. The molecule has 0 heterocycles. The smallest absolute Gasteiger partial charge is 0.117 e. The number of rotatable bonds is 1. The van der Waals surface area contributed by atoms with E-state index in [4.69, 9.17) is 11.5 Å². The molecule has 1 atom stereocenters. The Labute approximate surface area is 43.4 Å². The Morgan fingerprint density at radius 2 is 2.29 bits per heavy atom. The molecule has 7 heavy (non-hydrogen) atoms. The summed E-state index contributed by atoms with van der Waals surface area (Å²) >= 11 is 0. The largest absolute Gasteiger partial charge is 0.380 e. The Balaban J connectivity index is 2.27. The third-order valence-corrected chi connectivity index (χ3v) is 1.24. The predicted octanol–water partition coefficient (Wildman–Crippen LogP) is 0.391. The Morgan fingerprint density at radius 1 is 1.71 bits per heavy atom. The van der Waals surface area contributed by atoms with E-state index in [9.17, 15) is 0 Å². The van der Waals surface area contributed by atoms with E-state index in [1.165, 1.54) is 0 Å². The van der Waals surface area contributed by atoms with E-state index in [1.807, 2.05) is 0 Å². The van der Waals surface area contributed by atoms with Crippen molar-refractivity contribution in [2.24, 2.45) is 5.92 Å². The van der Waals surface area contributed by atoms with E-state index in [2.05, 4.69) is 5.92 Å². The van der Waals surface area contributed by atoms with Crippen molar-refractivity contribution in [1.29, 1.82) is 0 Å². The normalized spacial score (nSPS) is 23.4. The van der Waals surface area contributed by atoms with Crippen LogP contribution in [0.3, 0.4) is 0 Å². The zero-order valence-electron chi connectivity index (χ0n) is 4.09. The molecule has 0 aromatic carbocycles. The van der Waals surface area contributed by atoms with Gasteiger partial charge in [-0.2, -0.15) is 0 Å². The number of hydrogen-bond donors (Lipinski definition) is 1. The summed E-state index contributed by atoms with van der Waals surface area (Å²) in [4.78, 5) is 0. The maximum atomic E-state index is 8.76. The second-order valence-electron chi connectivity index (χ2n) is 1.95. The molecule has 1 aliphatic carbocycles. The third kappa shape index (κ3) is 0.942. The van der Waals surface area contributed by atoms with Crippen molar-refractivity contribution >= 4 is 0 Å². The molecule has 0 spiro atoms. The molecule has 1 N–H and O–H groups in total. The van der Waals surface area contributed by atoms with Gasteiger partial charge in [0, 0.05) is 0 Å². The second kappa shape index (κ2) is 1.55. The number of terminal acetylenes is 1. The van der Waals surface area contributed by atoms with E-state index < -0.39 is 6.10 Å². The minimum Gasteiger partial charge on any atom is -0.380 e. The van der Waals surface area contributed by atoms with Gasteiger partial charge in [0.15, 0.2) is 0 Å². The third-order valence-electron chi connectivity index (χ3n) is 1.24. The van der Waals surface area contributed by atoms with Gasteiger partial charge in [-0.1, -0.05) is 5.92 Å². The van der Waals surface area contributed by atoms with Gasteiger partial charge in [-0.15, -0.1) is 6.42 Å². The molecule has 0 saturated heterocycles. The Morgan fingerprint density at radius 3 is 2.43 bits per heavy atom. The first-order chi connectivity index (χ1) is 3.34. The maximum Gasteiger partial charge on any atom is 0.117 e. The van der Waals surface area contributed by atoms with Gasteiger partial charge in [0.2, 0.25) is 0 Å². The van der Waals surface area contributed by atoms with Crippen LogP contribution in [0.2, 0.25) is 0 Å². The molecule has 0 bridgehead atoms. The van der Waals surface area contributed by atoms with Crippen LogP contribution in [-0.4, -0.2) is 11.2 Å². The maximum absolute atomic E-state index is 8.76. The van der Waals surface area contributed by atoms with E-state index >= 15 is 0 Å². The zero-order chi connectivity index (χ0) is 5.28. The molecule has 0 aliphatic heterocycles. The summed E-state index contributed by atoms with van der Waals surface area (Å²) in [6, 6.07) is 0. The van der Waals surface area contributed by atoms with Gasteiger partial charge in [-0.3, -0.25) is 0 Å². The van der Waals surface area contributed by atoms with Crippen molar-refractivity contribution in [3.05, 3.63) is 0 Å². The number of hydrogen-bond acceptors (Lipinski definition) is 1. The van der Waals surface area contributed by atoms with Crippen LogP contribution in [-0.2, 0) is 0 Å². The molecule has 1 saturated carbocycles. The van der Waals surface area contributed by atoms with Gasteiger partial charge in [-0.25, -0.2) is 0 Å². The highest BCUT2D eigenvalue weighted by Crippen LogP contribution is 2.31. The fraction of sp³-hybridized carbons (Fsp3) is 0.667. The summed E-state index contributed by atoms with van der Waals surface area (Å²) in [5, 5.41) is 8.76. The molecule has 1 fully saturated rings. The Bertz CT molecular complexity index is 97.2. The molecular weight excluding hydrogens is 88.1 g/mol. The molecule has 0 aromatic heterocycles. The summed E-state index contributed by atoms with van der Waals surface area (Å²) in [5.74, 6) is 2.72. The molecule has 0 aromatic rings. The average molecular weight is 96.1 g/mol. The van der Waals surface area contributed by atoms with Gasteiger partial charge < -0.3 is 5.11 Å². The van der Waals surface area contributed by atoms with Crippen LogP contribution in [0.15, 0.2) is 0 Å². The molecule has 1 unspecified atom stereocenters. The van der Waals surface area contributed by atoms with Crippen molar-refractivity contribution < 1.29 is 5.11 Å². The van der Waals surface area contributed by atoms with Crippen molar-refractivity contribution in [3.8, 4) is 12.3 Å². The summed E-state index contributed by atoms with van der Waals surface area (Å²) in [6.07, 6.45) is 6.69. The van der Waals surface area contributed by atoms with Gasteiger partial charge in [0.1, 0.15) is 6.10 Å². The number of aliphatic hydroxyl groups excluding tert-OH is 1. The van der Waals surface area contributed by atoms with E-state index in [1.54, 1.807) is 0 Å². The lowest BCUT2D eigenvalue weighted by Crippen LogP contribution is -2.03. The first-order valence-corrected chi connectivity index (χ1v) is 2.49. The Kier molecular flexibility index (Phi) is 1.04. The highest BCUT2D eigenvalue weighted by molar-refractivity contribution is 5.01. The summed E-state index contributed by atoms with van der Waals surface area (Å²) < 4.78 is 0. The van der Waals surface area contributed by atoms with E-state index in [-0.39, 0.29) is 0 Å². The fourth-order valence-electron chi connectivity index (χ4n) is 0.548. The average Bonchev–Trinajstić information content (AvgIpc) is 2.44. The van der Waals surface area contributed by atoms with Gasteiger partial charge in [0.25, 0.3) is 0 Å². The van der Waals surface area contributed by atoms with Gasteiger partial charge in [0.05, 0.1) is 0 Å². The van der Waals surface area contributed by atoms with Crippen molar-refractivity contribution in [3.63, 3.8) is 0 Å². The molecular formula is C6H8O. The fourth-order valence-corrected chi connectivity index (χ4v) is 0.548. The second-order valence-corrected chi connectivity index (χ2v) is 1.95. The van der Waals surface area contributed by atoms with Crippen LogP contribution in [0.25, 0.3) is 0 Å². The standard InChI is InChI=1S/C6H8O/c1-2-6(7)5-3-4-5/h1,5-7H,3-4H2. The summed E-state index contributed by atoms with van der Waals surface area (Å²) in [7, 11) is 0. The van der Waals surface area contributed by atoms with Crippen LogP contribution in [0.5, 0.6) is 0 Å². The first-order valence-electron chi connectivity index (χ1n) is 2.49. The van der Waals surface area contributed by atoms with Gasteiger partial charge in [-0.05, 0) is 18.8 Å². The molecule has 1 nitrogen and oxygen atoms in total. The molecule has 1 heteroatoms. The highest BCUT2D eigenvalue weighted by Gasteiger charge is 2.27. The van der Waals surface area contributed by atoms with Crippen LogP contribution < -0.4 is 0 Å². The zero-order valence-corrected chi connectivity index (χ0v) is 4.09. The van der Waals surface area contributed by atoms with Crippen LogP contribution in [0.1, 0.15) is 12.8 Å². The first kappa shape index (κ1) is 4.67. The SMILES string of the molecule is C#CC(O)C1CC1. The lowest BCUT2D eigenvalue weighted by Gasteiger charge is -1.93. The minimum absolute atomic E-state index is 0.435. The molecule has 1 rings (SSSR count). The molecule has 0 amide bonds. The van der Waals surface area contributed by atoms with Gasteiger partial charge >= 0.3 is 0 Å². The molecule has 0 radical (unpaired) electrons. The van der Waals surface area contributed by atoms with Crippen LogP contribution in [0, 0.1) is 18.3 Å². The van der Waals surface area contributed by atoms with Crippen LogP contribution in [0.4, 0.5) is 0 Å². The quantitative estimate of drug-likeness (QED) is 0.468. The molecule has 38 valence electrons. The summed E-state index contributed by atoms with van der Waals surface area (Å²) in [6.45, 7) is 0. The van der Waals surface area contributed by atoms with Crippen LogP contribution >= 0.6 is 0 Å². The van der Waals surface area contributed by atoms with E-state index in [0.29, 0.717) is 5.92 Å². The lowest BCUT2D eigenvalue weighted by molar-refractivity contribution is 0.209. The minimum atomic E-state index is -0.458. The van der Waals surface area contributed by atoms with E-state index in [0.717, 1.165) is 12.8 Å². The lowest BCUT2D eigenvalue weighted by atomic mass is 10.2. The topological polar surface area (TPSA) is 20.2 Å². The summed E-state index contributed by atoms with van der Waals surface area (Å²) in [5.41, 5.74) is 0. The molecule has 1 aliphatic rings. The van der Waals surface area contributed by atoms with Crippen molar-refractivity contribution in [1.82, 2.24) is 0 Å². The highest BCUT2D eigenvalue weighted by atomic mass is 16.3.